The van der Waals surface area contributed by atoms with Crippen molar-refractivity contribution in [2.24, 2.45) is 0 Å². The molecule has 0 atom stereocenters. The van der Waals surface area contributed by atoms with Crippen molar-refractivity contribution in [3.05, 3.63) is 24.0 Å². The molecule has 2 rings (SSSR count). The maximum absolute atomic E-state index is 5.15. The molecule has 1 heterocycles. The standard InChI is InChI=1S/C11H15N3O.ClH/c1-12-6-5-11-13-9-4-3-8(15-2)7-10(9)14-11;/h3-4,7,12H,5-6H2,1-2H3,(H,13,14);1H. The Hall–Kier alpha value is -1.26. The Morgan fingerprint density at radius 1 is 1.44 bits per heavy atom. The molecule has 0 amide bonds. The summed E-state index contributed by atoms with van der Waals surface area (Å²) in [5.41, 5.74) is 2.02. The number of rotatable bonds is 4. The lowest BCUT2D eigenvalue weighted by molar-refractivity contribution is 0.415. The molecule has 1 aromatic carbocycles. The minimum absolute atomic E-state index is 0. The number of H-pyrrole nitrogens is 1. The van der Waals surface area contributed by atoms with Crippen molar-refractivity contribution in [2.75, 3.05) is 20.7 Å². The molecular weight excluding hydrogens is 226 g/mol. The lowest BCUT2D eigenvalue weighted by Crippen LogP contribution is -2.10. The number of aromatic nitrogens is 2. The van der Waals surface area contributed by atoms with E-state index >= 15 is 0 Å². The van der Waals surface area contributed by atoms with Crippen molar-refractivity contribution >= 4 is 23.4 Å². The second kappa shape index (κ2) is 5.72. The van der Waals surface area contributed by atoms with Gasteiger partial charge in [-0.1, -0.05) is 0 Å². The zero-order chi connectivity index (χ0) is 10.7. The minimum Gasteiger partial charge on any atom is -0.497 e. The van der Waals surface area contributed by atoms with Gasteiger partial charge in [-0.3, -0.25) is 0 Å². The quantitative estimate of drug-likeness (QED) is 0.858. The highest BCUT2D eigenvalue weighted by Crippen LogP contribution is 2.18. The largest absolute Gasteiger partial charge is 0.497 e. The molecule has 0 aliphatic carbocycles. The number of halogens is 1. The van der Waals surface area contributed by atoms with Crippen molar-refractivity contribution in [1.82, 2.24) is 15.3 Å². The van der Waals surface area contributed by atoms with Crippen LogP contribution < -0.4 is 10.1 Å². The van der Waals surface area contributed by atoms with E-state index in [4.69, 9.17) is 4.74 Å². The van der Waals surface area contributed by atoms with Crippen LogP contribution in [0, 0.1) is 0 Å². The van der Waals surface area contributed by atoms with Crippen molar-refractivity contribution in [2.45, 2.75) is 6.42 Å². The van der Waals surface area contributed by atoms with Gasteiger partial charge in [0.15, 0.2) is 0 Å². The van der Waals surface area contributed by atoms with E-state index < -0.39 is 0 Å². The van der Waals surface area contributed by atoms with Crippen LogP contribution in [0.5, 0.6) is 5.75 Å². The second-order valence-electron chi connectivity index (χ2n) is 3.42. The highest BCUT2D eigenvalue weighted by atomic mass is 35.5. The first-order valence-electron chi connectivity index (χ1n) is 5.00. The molecule has 0 bridgehead atoms. The molecule has 88 valence electrons. The van der Waals surface area contributed by atoms with Gasteiger partial charge in [0.25, 0.3) is 0 Å². The first-order chi connectivity index (χ1) is 7.33. The van der Waals surface area contributed by atoms with Gasteiger partial charge in [-0.15, -0.1) is 12.4 Å². The number of benzene rings is 1. The van der Waals surface area contributed by atoms with E-state index in [1.807, 2.05) is 25.2 Å². The Morgan fingerprint density at radius 3 is 2.94 bits per heavy atom. The minimum atomic E-state index is 0. The van der Waals surface area contributed by atoms with Crippen LogP contribution in [0.15, 0.2) is 18.2 Å². The summed E-state index contributed by atoms with van der Waals surface area (Å²) in [5.74, 6) is 1.86. The Balaban J connectivity index is 0.00000128. The molecular formula is C11H16ClN3O. The Morgan fingerprint density at radius 2 is 2.25 bits per heavy atom. The van der Waals surface area contributed by atoms with Crippen LogP contribution in [0.25, 0.3) is 11.0 Å². The van der Waals surface area contributed by atoms with E-state index in [1.165, 1.54) is 0 Å². The van der Waals surface area contributed by atoms with E-state index in [-0.39, 0.29) is 12.4 Å². The van der Waals surface area contributed by atoms with Gasteiger partial charge in [-0.25, -0.2) is 4.98 Å². The zero-order valence-corrected chi connectivity index (χ0v) is 10.2. The average molecular weight is 242 g/mol. The van der Waals surface area contributed by atoms with Crippen molar-refractivity contribution < 1.29 is 4.74 Å². The third-order valence-electron chi connectivity index (χ3n) is 2.35. The molecule has 0 radical (unpaired) electrons. The van der Waals surface area contributed by atoms with Crippen molar-refractivity contribution in [1.29, 1.82) is 0 Å². The third kappa shape index (κ3) is 2.65. The fourth-order valence-corrected chi connectivity index (χ4v) is 1.53. The van der Waals surface area contributed by atoms with Crippen LogP contribution in [0.3, 0.4) is 0 Å². The molecule has 0 saturated carbocycles. The Labute approximate surface area is 101 Å². The van der Waals surface area contributed by atoms with Crippen LogP contribution in [0.4, 0.5) is 0 Å². The second-order valence-corrected chi connectivity index (χ2v) is 3.42. The Kier molecular flexibility index (Phi) is 4.58. The number of methoxy groups -OCH3 is 1. The molecule has 0 unspecified atom stereocenters. The predicted octanol–water partition coefficient (Wildman–Crippen LogP) is 1.76. The molecule has 2 aromatic rings. The van der Waals surface area contributed by atoms with Gasteiger partial charge in [0.1, 0.15) is 11.6 Å². The van der Waals surface area contributed by atoms with Gasteiger partial charge in [0.05, 0.1) is 18.1 Å². The van der Waals surface area contributed by atoms with Crippen molar-refractivity contribution in [3.63, 3.8) is 0 Å². The van der Waals surface area contributed by atoms with Crippen LogP contribution in [0.2, 0.25) is 0 Å². The van der Waals surface area contributed by atoms with Gasteiger partial charge in [0, 0.05) is 19.0 Å². The van der Waals surface area contributed by atoms with Gasteiger partial charge in [0.2, 0.25) is 0 Å². The molecule has 0 fully saturated rings. The van der Waals surface area contributed by atoms with Crippen LogP contribution in [-0.2, 0) is 6.42 Å². The van der Waals surface area contributed by atoms with Crippen LogP contribution in [0.1, 0.15) is 5.82 Å². The number of hydrogen-bond donors (Lipinski definition) is 2. The smallest absolute Gasteiger partial charge is 0.121 e. The van der Waals surface area contributed by atoms with Crippen LogP contribution in [-0.4, -0.2) is 30.7 Å². The normalized spacial score (nSPS) is 10.1. The Bertz CT molecular complexity index is 455. The molecule has 5 heteroatoms. The fourth-order valence-electron chi connectivity index (χ4n) is 1.53. The molecule has 0 saturated heterocycles. The average Bonchev–Trinajstić information content (AvgIpc) is 2.67. The van der Waals surface area contributed by atoms with Gasteiger partial charge in [-0.2, -0.15) is 0 Å². The van der Waals surface area contributed by atoms with Gasteiger partial charge in [-0.05, 0) is 19.2 Å². The first-order valence-corrected chi connectivity index (χ1v) is 5.00. The maximum atomic E-state index is 5.15. The summed E-state index contributed by atoms with van der Waals surface area (Å²) in [6.07, 6.45) is 0.910. The summed E-state index contributed by atoms with van der Waals surface area (Å²) in [5, 5.41) is 3.10. The molecule has 4 nitrogen and oxygen atoms in total. The predicted molar refractivity (Wildman–Crippen MR) is 67.5 cm³/mol. The number of imidazole rings is 1. The number of nitrogens with one attached hydrogen (secondary N) is 2. The van der Waals surface area contributed by atoms with E-state index in [9.17, 15) is 0 Å². The highest BCUT2D eigenvalue weighted by Gasteiger charge is 2.03. The number of hydrogen-bond acceptors (Lipinski definition) is 3. The fraction of sp³-hybridized carbons (Fsp3) is 0.364. The maximum Gasteiger partial charge on any atom is 0.121 e. The molecule has 1 aromatic heterocycles. The lowest BCUT2D eigenvalue weighted by Gasteiger charge is -1.96. The van der Waals surface area contributed by atoms with E-state index in [0.29, 0.717) is 0 Å². The molecule has 16 heavy (non-hydrogen) atoms. The summed E-state index contributed by atoms with van der Waals surface area (Å²) in [4.78, 5) is 7.75. The third-order valence-corrected chi connectivity index (χ3v) is 2.35. The van der Waals surface area contributed by atoms with Gasteiger partial charge >= 0.3 is 0 Å². The van der Waals surface area contributed by atoms with E-state index in [1.54, 1.807) is 7.11 Å². The van der Waals surface area contributed by atoms with Crippen molar-refractivity contribution in [3.8, 4) is 5.75 Å². The molecule has 0 spiro atoms. The summed E-state index contributed by atoms with van der Waals surface area (Å²) >= 11 is 0. The summed E-state index contributed by atoms with van der Waals surface area (Å²) in [7, 11) is 3.60. The lowest BCUT2D eigenvalue weighted by atomic mass is 10.3. The summed E-state index contributed by atoms with van der Waals surface area (Å²) < 4.78 is 5.15. The number of likely N-dealkylation sites (N-methyl/N-ethyl adjacent to an activating group) is 1. The van der Waals surface area contributed by atoms with E-state index in [2.05, 4.69) is 15.3 Å². The zero-order valence-electron chi connectivity index (χ0n) is 9.41. The van der Waals surface area contributed by atoms with Gasteiger partial charge < -0.3 is 15.0 Å². The molecule has 0 aliphatic heterocycles. The molecule has 0 aliphatic rings. The topological polar surface area (TPSA) is 49.9 Å². The number of nitrogens with zero attached hydrogens (tertiary/aromatic N) is 1. The summed E-state index contributed by atoms with van der Waals surface area (Å²) in [6, 6.07) is 5.85. The highest BCUT2D eigenvalue weighted by molar-refractivity contribution is 5.85. The number of ether oxygens (including phenoxy) is 1. The SMILES string of the molecule is CNCCc1nc2ccc(OC)cc2[nH]1.Cl. The summed E-state index contributed by atoms with van der Waals surface area (Å²) in [6.45, 7) is 0.928. The van der Waals surface area contributed by atoms with Crippen LogP contribution >= 0.6 is 12.4 Å². The molecule has 2 N–H and O–H groups in total. The van der Waals surface area contributed by atoms with E-state index in [0.717, 1.165) is 35.6 Å². The number of aromatic amines is 1. The number of fused-ring (bicyclic) bond motifs is 1. The first kappa shape index (κ1) is 12.8. The monoisotopic (exact) mass is 241 g/mol.